The molecule has 0 fully saturated rings. The van der Waals surface area contributed by atoms with Gasteiger partial charge in [-0.3, -0.25) is 4.21 Å². The number of aliphatic hydroxyl groups is 1. The number of rotatable bonds is 2. The molecule has 0 spiro atoms. The lowest BCUT2D eigenvalue weighted by Crippen LogP contribution is -2.19. The van der Waals surface area contributed by atoms with Gasteiger partial charge in [-0.15, -0.1) is 0 Å². The Balaban J connectivity index is 3.19. The van der Waals surface area contributed by atoms with Crippen molar-refractivity contribution in [3.63, 3.8) is 0 Å². The van der Waals surface area contributed by atoms with E-state index in [0.29, 0.717) is 0 Å². The molecule has 0 aliphatic rings. The van der Waals surface area contributed by atoms with Crippen molar-refractivity contribution >= 4 is 10.8 Å². The van der Waals surface area contributed by atoms with Gasteiger partial charge in [-0.1, -0.05) is 39.0 Å². The van der Waals surface area contributed by atoms with Gasteiger partial charge in [0.05, 0.1) is 16.9 Å². The second-order valence-corrected chi connectivity index (χ2v) is 6.11. The van der Waals surface area contributed by atoms with Crippen molar-refractivity contribution in [1.82, 2.24) is 0 Å². The molecule has 15 heavy (non-hydrogen) atoms. The van der Waals surface area contributed by atoms with Crippen LogP contribution in [-0.4, -0.2) is 15.6 Å². The van der Waals surface area contributed by atoms with Gasteiger partial charge in [0.25, 0.3) is 0 Å². The lowest BCUT2D eigenvalue weighted by atomic mass is 9.85. The summed E-state index contributed by atoms with van der Waals surface area (Å²) < 4.78 is 11.5. The minimum atomic E-state index is -1.06. The van der Waals surface area contributed by atoms with Crippen LogP contribution in [0.4, 0.5) is 0 Å². The molecule has 0 amide bonds. The summed E-state index contributed by atoms with van der Waals surface area (Å²) in [5, 5.41) is 10.2. The second kappa shape index (κ2) is 4.45. The highest BCUT2D eigenvalue weighted by atomic mass is 32.2. The van der Waals surface area contributed by atoms with Crippen molar-refractivity contribution in [3.8, 4) is 0 Å². The van der Waals surface area contributed by atoms with E-state index in [0.717, 1.165) is 10.5 Å². The molecule has 1 N–H and O–H groups in total. The number of hydrogen-bond acceptors (Lipinski definition) is 2. The Labute approximate surface area is 93.8 Å². The Bertz CT molecular complexity index is 366. The predicted molar refractivity (Wildman–Crippen MR) is 63.2 cm³/mol. The standard InChI is InChI=1S/C12H18O2S/c1-12(2,3)11(13)9-7-5-6-8-10(9)15(4)14/h5-8,11,13H,1-4H3. The van der Waals surface area contributed by atoms with Crippen molar-refractivity contribution in [1.29, 1.82) is 0 Å². The number of aliphatic hydroxyl groups excluding tert-OH is 1. The van der Waals surface area contributed by atoms with E-state index in [2.05, 4.69) is 0 Å². The third kappa shape index (κ3) is 2.89. The molecule has 1 aromatic carbocycles. The van der Waals surface area contributed by atoms with Crippen molar-refractivity contribution < 1.29 is 9.32 Å². The zero-order valence-corrected chi connectivity index (χ0v) is 10.5. The molecular weight excluding hydrogens is 208 g/mol. The van der Waals surface area contributed by atoms with Crippen LogP contribution >= 0.6 is 0 Å². The van der Waals surface area contributed by atoms with E-state index in [1.54, 1.807) is 12.3 Å². The quantitative estimate of drug-likeness (QED) is 0.841. The first-order valence-electron chi connectivity index (χ1n) is 4.94. The monoisotopic (exact) mass is 226 g/mol. The molecule has 84 valence electrons. The van der Waals surface area contributed by atoms with Gasteiger partial charge >= 0.3 is 0 Å². The molecule has 0 saturated heterocycles. The number of hydrogen-bond donors (Lipinski definition) is 1. The van der Waals surface area contributed by atoms with E-state index in [-0.39, 0.29) is 5.41 Å². The smallest absolute Gasteiger partial charge is 0.0849 e. The average Bonchev–Trinajstić information content (AvgIpc) is 2.15. The third-order valence-corrected chi connectivity index (χ3v) is 3.33. The molecule has 0 heterocycles. The van der Waals surface area contributed by atoms with Crippen molar-refractivity contribution in [2.45, 2.75) is 31.8 Å². The summed E-state index contributed by atoms with van der Waals surface area (Å²) in [7, 11) is -1.06. The summed E-state index contributed by atoms with van der Waals surface area (Å²) in [5.41, 5.74) is 0.529. The van der Waals surface area contributed by atoms with Crippen molar-refractivity contribution in [2.75, 3.05) is 6.26 Å². The predicted octanol–water partition coefficient (Wildman–Crippen LogP) is 2.50. The molecule has 1 rings (SSSR count). The van der Waals surface area contributed by atoms with Gasteiger partial charge in [-0.05, 0) is 17.0 Å². The fraction of sp³-hybridized carbons (Fsp3) is 0.500. The fourth-order valence-electron chi connectivity index (χ4n) is 1.43. The van der Waals surface area contributed by atoms with Crippen LogP contribution in [0.3, 0.4) is 0 Å². The SMILES string of the molecule is CS(=O)c1ccccc1C(O)C(C)(C)C. The largest absolute Gasteiger partial charge is 0.388 e. The summed E-state index contributed by atoms with van der Waals surface area (Å²) >= 11 is 0. The minimum Gasteiger partial charge on any atom is -0.388 e. The van der Waals surface area contributed by atoms with Crippen LogP contribution in [-0.2, 0) is 10.8 Å². The summed E-state index contributed by atoms with van der Waals surface area (Å²) in [6, 6.07) is 7.35. The van der Waals surface area contributed by atoms with E-state index < -0.39 is 16.9 Å². The molecular formula is C12H18O2S. The normalized spacial score (nSPS) is 16.1. The molecule has 0 aromatic heterocycles. The first-order chi connectivity index (χ1) is 6.84. The Morgan fingerprint density at radius 3 is 2.27 bits per heavy atom. The zero-order valence-electron chi connectivity index (χ0n) is 9.65. The molecule has 2 atom stereocenters. The summed E-state index contributed by atoms with van der Waals surface area (Å²) in [6.45, 7) is 5.90. The summed E-state index contributed by atoms with van der Waals surface area (Å²) in [4.78, 5) is 0.722. The van der Waals surface area contributed by atoms with E-state index in [9.17, 15) is 9.32 Å². The van der Waals surface area contributed by atoms with Crippen LogP contribution in [0.2, 0.25) is 0 Å². The van der Waals surface area contributed by atoms with Crippen LogP contribution in [0.1, 0.15) is 32.4 Å². The molecule has 0 bridgehead atoms. The number of benzene rings is 1. The van der Waals surface area contributed by atoms with E-state index in [4.69, 9.17) is 0 Å². The highest BCUT2D eigenvalue weighted by molar-refractivity contribution is 7.84. The van der Waals surface area contributed by atoms with Gasteiger partial charge in [0, 0.05) is 11.2 Å². The van der Waals surface area contributed by atoms with Crippen LogP contribution < -0.4 is 0 Å². The first-order valence-corrected chi connectivity index (χ1v) is 6.50. The van der Waals surface area contributed by atoms with Crippen LogP contribution in [0.25, 0.3) is 0 Å². The van der Waals surface area contributed by atoms with Gasteiger partial charge in [0.15, 0.2) is 0 Å². The van der Waals surface area contributed by atoms with Gasteiger partial charge < -0.3 is 5.11 Å². The Morgan fingerprint density at radius 1 is 1.27 bits per heavy atom. The average molecular weight is 226 g/mol. The lowest BCUT2D eigenvalue weighted by Gasteiger charge is -2.27. The minimum absolute atomic E-state index is 0.241. The van der Waals surface area contributed by atoms with Crippen molar-refractivity contribution in [2.24, 2.45) is 5.41 Å². The van der Waals surface area contributed by atoms with Gasteiger partial charge in [0.1, 0.15) is 0 Å². The van der Waals surface area contributed by atoms with Gasteiger partial charge in [0.2, 0.25) is 0 Å². The lowest BCUT2D eigenvalue weighted by molar-refractivity contribution is 0.0603. The van der Waals surface area contributed by atoms with Crippen LogP contribution in [0.15, 0.2) is 29.2 Å². The Kier molecular flexibility index (Phi) is 3.68. The molecule has 0 radical (unpaired) electrons. The van der Waals surface area contributed by atoms with E-state index in [1.165, 1.54) is 0 Å². The highest BCUT2D eigenvalue weighted by Gasteiger charge is 2.26. The Morgan fingerprint density at radius 2 is 1.80 bits per heavy atom. The molecule has 0 aliphatic carbocycles. The molecule has 2 unspecified atom stereocenters. The van der Waals surface area contributed by atoms with Gasteiger partial charge in [-0.2, -0.15) is 0 Å². The second-order valence-electron chi connectivity index (χ2n) is 4.76. The van der Waals surface area contributed by atoms with Gasteiger partial charge in [-0.25, -0.2) is 0 Å². The Hall–Kier alpha value is -0.670. The molecule has 0 saturated carbocycles. The molecule has 2 nitrogen and oxygen atoms in total. The van der Waals surface area contributed by atoms with Crippen LogP contribution in [0.5, 0.6) is 0 Å². The van der Waals surface area contributed by atoms with Crippen LogP contribution in [0, 0.1) is 5.41 Å². The van der Waals surface area contributed by atoms with E-state index in [1.807, 2.05) is 39.0 Å². The van der Waals surface area contributed by atoms with Crippen molar-refractivity contribution in [3.05, 3.63) is 29.8 Å². The molecule has 0 aliphatic heterocycles. The maximum Gasteiger partial charge on any atom is 0.0849 e. The first kappa shape index (κ1) is 12.4. The van der Waals surface area contributed by atoms with E-state index >= 15 is 0 Å². The maximum absolute atomic E-state index is 11.5. The highest BCUT2D eigenvalue weighted by Crippen LogP contribution is 2.34. The summed E-state index contributed by atoms with van der Waals surface area (Å²) in [5.74, 6) is 0. The molecule has 3 heteroatoms. The summed E-state index contributed by atoms with van der Waals surface area (Å²) in [6.07, 6.45) is 1.05. The zero-order chi connectivity index (χ0) is 11.6. The topological polar surface area (TPSA) is 37.3 Å². The third-order valence-electron chi connectivity index (χ3n) is 2.34. The fourth-order valence-corrected chi connectivity index (χ4v) is 2.22. The maximum atomic E-state index is 11.5. The molecule has 1 aromatic rings.